The van der Waals surface area contributed by atoms with Crippen LogP contribution in [0.3, 0.4) is 0 Å². The van der Waals surface area contributed by atoms with E-state index in [1.165, 1.54) is 7.11 Å². The number of hydrogen-bond donors (Lipinski definition) is 0. The van der Waals surface area contributed by atoms with Crippen LogP contribution in [0.1, 0.15) is 29.9 Å². The van der Waals surface area contributed by atoms with Crippen molar-refractivity contribution in [1.82, 2.24) is 4.57 Å². The average molecular weight is 259 g/mol. The van der Waals surface area contributed by atoms with E-state index in [0.29, 0.717) is 5.56 Å². The number of benzene rings is 1. The maximum atomic E-state index is 11.7. The van der Waals surface area contributed by atoms with Gasteiger partial charge in [0.15, 0.2) is 0 Å². The van der Waals surface area contributed by atoms with Crippen molar-refractivity contribution in [2.75, 3.05) is 7.11 Å². The molecule has 1 aromatic heterocycles. The molecule has 1 heterocycles. The van der Waals surface area contributed by atoms with Crippen molar-refractivity contribution in [3.8, 4) is 11.3 Å². The first-order valence-corrected chi connectivity index (χ1v) is 6.45. The van der Waals surface area contributed by atoms with E-state index >= 15 is 0 Å². The van der Waals surface area contributed by atoms with Crippen LogP contribution in [0, 0.1) is 6.92 Å². The molecule has 102 valence electrons. The lowest BCUT2D eigenvalue weighted by molar-refractivity contribution is 0.0601. The van der Waals surface area contributed by atoms with Crippen LogP contribution in [0.15, 0.2) is 36.4 Å². The Morgan fingerprint density at radius 3 is 2.26 bits per heavy atom. The maximum Gasteiger partial charge on any atom is 0.340 e. The highest BCUT2D eigenvalue weighted by atomic mass is 16.5. The molecule has 0 spiro atoms. The Balaban J connectivity index is 0.000000861. The molecular formula is C16H21NO2. The molecule has 2 aromatic rings. The molecule has 0 aliphatic carbocycles. The quantitative estimate of drug-likeness (QED) is 0.768. The van der Waals surface area contributed by atoms with Crippen LogP contribution in [0.25, 0.3) is 11.3 Å². The Bertz CT molecular complexity index is 541. The van der Waals surface area contributed by atoms with Crippen LogP contribution < -0.4 is 0 Å². The fraction of sp³-hybridized carbons (Fsp3) is 0.312. The summed E-state index contributed by atoms with van der Waals surface area (Å²) in [7, 11) is 3.35. The third kappa shape index (κ3) is 3.05. The van der Waals surface area contributed by atoms with Crippen LogP contribution in [-0.4, -0.2) is 17.6 Å². The zero-order valence-electron chi connectivity index (χ0n) is 12.2. The van der Waals surface area contributed by atoms with Gasteiger partial charge in [-0.25, -0.2) is 4.79 Å². The van der Waals surface area contributed by atoms with Crippen LogP contribution in [0.4, 0.5) is 0 Å². The molecule has 0 aliphatic heterocycles. The second-order valence-electron chi connectivity index (χ2n) is 3.96. The summed E-state index contributed by atoms with van der Waals surface area (Å²) < 4.78 is 6.82. The van der Waals surface area contributed by atoms with Crippen molar-refractivity contribution < 1.29 is 9.53 Å². The summed E-state index contributed by atoms with van der Waals surface area (Å²) in [5.41, 5.74) is 3.56. The number of aromatic nitrogens is 1. The van der Waals surface area contributed by atoms with Gasteiger partial charge in [-0.2, -0.15) is 0 Å². The molecule has 19 heavy (non-hydrogen) atoms. The topological polar surface area (TPSA) is 31.2 Å². The number of aryl methyl sites for hydroxylation is 1. The third-order valence-corrected chi connectivity index (χ3v) is 2.93. The Labute approximate surface area is 114 Å². The molecule has 0 unspecified atom stereocenters. The van der Waals surface area contributed by atoms with Gasteiger partial charge in [0.25, 0.3) is 0 Å². The monoisotopic (exact) mass is 259 g/mol. The van der Waals surface area contributed by atoms with E-state index in [2.05, 4.69) is 0 Å². The molecule has 0 aliphatic rings. The van der Waals surface area contributed by atoms with Gasteiger partial charge in [-0.3, -0.25) is 0 Å². The second-order valence-corrected chi connectivity index (χ2v) is 3.96. The predicted octanol–water partition coefficient (Wildman–Crippen LogP) is 3.81. The lowest BCUT2D eigenvalue weighted by Crippen LogP contribution is -2.03. The molecule has 2 rings (SSSR count). The van der Waals surface area contributed by atoms with E-state index in [0.717, 1.165) is 17.0 Å². The van der Waals surface area contributed by atoms with Crippen molar-refractivity contribution in [3.05, 3.63) is 47.7 Å². The van der Waals surface area contributed by atoms with Crippen molar-refractivity contribution in [3.63, 3.8) is 0 Å². The minimum atomic E-state index is -0.299. The van der Waals surface area contributed by atoms with Gasteiger partial charge >= 0.3 is 5.97 Å². The molecule has 3 nitrogen and oxygen atoms in total. The van der Waals surface area contributed by atoms with Gasteiger partial charge in [-0.05, 0) is 18.6 Å². The SMILES string of the molecule is CC.COC(=O)c1cc(C)n(C)c1-c1ccccc1. The van der Waals surface area contributed by atoms with E-state index in [1.807, 2.05) is 68.8 Å². The Morgan fingerprint density at radius 1 is 1.16 bits per heavy atom. The van der Waals surface area contributed by atoms with Crippen molar-refractivity contribution >= 4 is 5.97 Å². The molecule has 3 heteroatoms. The zero-order valence-corrected chi connectivity index (χ0v) is 12.2. The molecule has 0 saturated carbocycles. The van der Waals surface area contributed by atoms with Gasteiger partial charge in [0.05, 0.1) is 18.4 Å². The molecule has 0 saturated heterocycles. The highest BCUT2D eigenvalue weighted by molar-refractivity contribution is 5.97. The first-order valence-electron chi connectivity index (χ1n) is 6.45. The van der Waals surface area contributed by atoms with E-state index in [1.54, 1.807) is 0 Å². The van der Waals surface area contributed by atoms with Crippen LogP contribution >= 0.6 is 0 Å². The van der Waals surface area contributed by atoms with Gasteiger partial charge in [0.2, 0.25) is 0 Å². The van der Waals surface area contributed by atoms with Gasteiger partial charge in [0, 0.05) is 12.7 Å². The Kier molecular flexibility index (Phi) is 5.37. The zero-order chi connectivity index (χ0) is 14.4. The fourth-order valence-electron chi connectivity index (χ4n) is 1.94. The number of carbonyl (C=O) groups excluding carboxylic acids is 1. The molecule has 0 radical (unpaired) electrons. The Hall–Kier alpha value is -2.03. The minimum absolute atomic E-state index is 0.299. The first kappa shape index (κ1) is 15.0. The Morgan fingerprint density at radius 2 is 1.74 bits per heavy atom. The van der Waals surface area contributed by atoms with Gasteiger partial charge in [-0.15, -0.1) is 0 Å². The summed E-state index contributed by atoms with van der Waals surface area (Å²) >= 11 is 0. The van der Waals surface area contributed by atoms with Gasteiger partial charge in [-0.1, -0.05) is 44.2 Å². The lowest BCUT2D eigenvalue weighted by Gasteiger charge is -2.07. The number of carbonyl (C=O) groups is 1. The molecule has 0 bridgehead atoms. The van der Waals surface area contributed by atoms with E-state index in [4.69, 9.17) is 4.74 Å². The number of rotatable bonds is 2. The molecule has 0 N–H and O–H groups in total. The lowest BCUT2D eigenvalue weighted by atomic mass is 10.1. The second kappa shape index (κ2) is 6.78. The van der Waals surface area contributed by atoms with Crippen molar-refractivity contribution in [2.24, 2.45) is 7.05 Å². The molecule has 0 amide bonds. The van der Waals surface area contributed by atoms with E-state index < -0.39 is 0 Å². The number of ether oxygens (including phenoxy) is 1. The van der Waals surface area contributed by atoms with Crippen LogP contribution in [-0.2, 0) is 11.8 Å². The van der Waals surface area contributed by atoms with Gasteiger partial charge < -0.3 is 9.30 Å². The van der Waals surface area contributed by atoms with E-state index in [9.17, 15) is 4.79 Å². The largest absolute Gasteiger partial charge is 0.465 e. The average Bonchev–Trinajstić information content (AvgIpc) is 2.77. The number of esters is 1. The minimum Gasteiger partial charge on any atom is -0.465 e. The van der Waals surface area contributed by atoms with Gasteiger partial charge in [0.1, 0.15) is 0 Å². The summed E-state index contributed by atoms with van der Waals surface area (Å²) in [5.74, 6) is -0.299. The molecule has 0 atom stereocenters. The highest BCUT2D eigenvalue weighted by Crippen LogP contribution is 2.26. The summed E-state index contributed by atoms with van der Waals surface area (Å²) in [4.78, 5) is 11.7. The first-order chi connectivity index (χ1) is 9.15. The summed E-state index contributed by atoms with van der Waals surface area (Å²) in [6, 6.07) is 11.7. The number of hydrogen-bond acceptors (Lipinski definition) is 2. The van der Waals surface area contributed by atoms with E-state index in [-0.39, 0.29) is 5.97 Å². The maximum absolute atomic E-state index is 11.7. The fourth-order valence-corrected chi connectivity index (χ4v) is 1.94. The van der Waals surface area contributed by atoms with Crippen molar-refractivity contribution in [1.29, 1.82) is 0 Å². The molecular weight excluding hydrogens is 238 g/mol. The third-order valence-electron chi connectivity index (χ3n) is 2.93. The highest BCUT2D eigenvalue weighted by Gasteiger charge is 2.18. The van der Waals surface area contributed by atoms with Crippen molar-refractivity contribution in [2.45, 2.75) is 20.8 Å². The predicted molar refractivity (Wildman–Crippen MR) is 78.3 cm³/mol. The number of methoxy groups -OCH3 is 1. The molecule has 1 aromatic carbocycles. The standard InChI is InChI=1S/C14H15NO2.C2H6/c1-10-9-12(14(16)17-3)13(15(10)2)11-7-5-4-6-8-11;1-2/h4-9H,1-3H3;1-2H3. The molecule has 0 fully saturated rings. The smallest absolute Gasteiger partial charge is 0.340 e. The van der Waals surface area contributed by atoms with Crippen LogP contribution in [0.2, 0.25) is 0 Å². The summed E-state index contributed by atoms with van der Waals surface area (Å²) in [6.45, 7) is 5.97. The summed E-state index contributed by atoms with van der Waals surface area (Å²) in [5, 5.41) is 0. The number of nitrogens with zero attached hydrogens (tertiary/aromatic N) is 1. The summed E-state index contributed by atoms with van der Waals surface area (Å²) in [6.07, 6.45) is 0. The normalized spacial score (nSPS) is 9.53. The van der Waals surface area contributed by atoms with Crippen LogP contribution in [0.5, 0.6) is 0 Å².